The largest absolute Gasteiger partial charge is 0.246 e. The highest BCUT2D eigenvalue weighted by Gasteiger charge is 2.34. The Morgan fingerprint density at radius 3 is 2.81 bits per heavy atom. The standard InChI is InChI=1S/C14H18BrClFNO2S/c1-2-3-10-4-5-18(9-10)21(19,20)13-7-12(15)6-11(8-16)14(13)17/h6-7,10H,2-5,8-9H2,1H3. The van der Waals surface area contributed by atoms with Gasteiger partial charge in [-0.2, -0.15) is 4.31 Å². The van der Waals surface area contributed by atoms with Crippen LogP contribution in [-0.4, -0.2) is 25.8 Å². The van der Waals surface area contributed by atoms with Crippen LogP contribution in [0.4, 0.5) is 4.39 Å². The molecule has 0 N–H and O–H groups in total. The van der Waals surface area contributed by atoms with E-state index in [4.69, 9.17) is 11.6 Å². The highest BCUT2D eigenvalue weighted by Crippen LogP contribution is 2.31. The van der Waals surface area contributed by atoms with Gasteiger partial charge < -0.3 is 0 Å². The van der Waals surface area contributed by atoms with Crippen molar-refractivity contribution in [3.05, 3.63) is 28.0 Å². The first-order valence-electron chi connectivity index (χ1n) is 6.94. The number of nitrogens with zero attached hydrogens (tertiary/aromatic N) is 1. The molecule has 118 valence electrons. The van der Waals surface area contributed by atoms with Crippen LogP contribution in [0, 0.1) is 11.7 Å². The van der Waals surface area contributed by atoms with Crippen molar-refractivity contribution in [2.24, 2.45) is 5.92 Å². The Morgan fingerprint density at radius 2 is 2.19 bits per heavy atom. The monoisotopic (exact) mass is 397 g/mol. The van der Waals surface area contributed by atoms with Crippen LogP contribution in [0.3, 0.4) is 0 Å². The molecule has 1 atom stereocenters. The molecule has 0 saturated carbocycles. The summed E-state index contributed by atoms with van der Waals surface area (Å²) in [5, 5.41) is 0. The summed E-state index contributed by atoms with van der Waals surface area (Å²) in [5.41, 5.74) is 0.189. The molecule has 0 aromatic heterocycles. The van der Waals surface area contributed by atoms with Crippen molar-refractivity contribution in [2.45, 2.75) is 37.0 Å². The van der Waals surface area contributed by atoms with Gasteiger partial charge in [0.15, 0.2) is 0 Å². The highest BCUT2D eigenvalue weighted by atomic mass is 79.9. The molecule has 0 amide bonds. The van der Waals surface area contributed by atoms with Crippen molar-refractivity contribution in [3.63, 3.8) is 0 Å². The van der Waals surface area contributed by atoms with Crippen molar-refractivity contribution in [1.82, 2.24) is 4.31 Å². The lowest BCUT2D eigenvalue weighted by Gasteiger charge is -2.18. The lowest BCUT2D eigenvalue weighted by molar-refractivity contribution is 0.440. The molecule has 1 unspecified atom stereocenters. The minimum absolute atomic E-state index is 0.0632. The second kappa shape index (κ2) is 6.94. The summed E-state index contributed by atoms with van der Waals surface area (Å²) in [5.74, 6) is -0.439. The van der Waals surface area contributed by atoms with Crippen LogP contribution in [0.2, 0.25) is 0 Å². The molecule has 0 radical (unpaired) electrons. The topological polar surface area (TPSA) is 37.4 Å². The Hall–Kier alpha value is -0.170. The van der Waals surface area contributed by atoms with E-state index in [9.17, 15) is 12.8 Å². The predicted molar refractivity (Wildman–Crippen MR) is 85.4 cm³/mol. The minimum Gasteiger partial charge on any atom is -0.207 e. The van der Waals surface area contributed by atoms with E-state index in [1.807, 2.05) is 0 Å². The van der Waals surface area contributed by atoms with Gasteiger partial charge in [-0.1, -0.05) is 29.3 Å². The lowest BCUT2D eigenvalue weighted by Crippen LogP contribution is -2.29. The zero-order valence-electron chi connectivity index (χ0n) is 11.8. The fraction of sp³-hybridized carbons (Fsp3) is 0.571. The molecule has 1 aromatic carbocycles. The maximum absolute atomic E-state index is 14.3. The van der Waals surface area contributed by atoms with Gasteiger partial charge in [0.05, 0.1) is 5.88 Å². The first-order valence-corrected chi connectivity index (χ1v) is 9.71. The summed E-state index contributed by atoms with van der Waals surface area (Å²) >= 11 is 8.90. The fourth-order valence-corrected chi connectivity index (χ4v) is 5.22. The third kappa shape index (κ3) is 3.60. The van der Waals surface area contributed by atoms with Gasteiger partial charge in [-0.05, 0) is 30.9 Å². The smallest absolute Gasteiger partial charge is 0.207 e. The predicted octanol–water partition coefficient (Wildman–Crippen LogP) is 4.14. The molecule has 0 spiro atoms. The summed E-state index contributed by atoms with van der Waals surface area (Å²) in [4.78, 5) is -0.287. The summed E-state index contributed by atoms with van der Waals surface area (Å²) in [6, 6.07) is 2.82. The van der Waals surface area contributed by atoms with Crippen molar-refractivity contribution in [1.29, 1.82) is 0 Å². The van der Waals surface area contributed by atoms with Gasteiger partial charge >= 0.3 is 0 Å². The Balaban J connectivity index is 2.35. The number of hydrogen-bond donors (Lipinski definition) is 0. The Kier molecular flexibility index (Phi) is 5.68. The van der Waals surface area contributed by atoms with Gasteiger partial charge in [-0.15, -0.1) is 11.6 Å². The second-order valence-corrected chi connectivity index (χ2v) is 8.41. The van der Waals surface area contributed by atoms with E-state index in [0.29, 0.717) is 23.5 Å². The Morgan fingerprint density at radius 1 is 1.48 bits per heavy atom. The van der Waals surface area contributed by atoms with Crippen molar-refractivity contribution >= 4 is 37.6 Å². The molecule has 2 rings (SSSR count). The Labute approximate surface area is 138 Å². The number of alkyl halides is 1. The third-order valence-electron chi connectivity index (χ3n) is 3.79. The normalized spacial score (nSPS) is 20.1. The molecule has 1 saturated heterocycles. The lowest BCUT2D eigenvalue weighted by atomic mass is 10.0. The fourth-order valence-electron chi connectivity index (χ4n) is 2.70. The Bertz CT molecular complexity index is 624. The van der Waals surface area contributed by atoms with Crippen molar-refractivity contribution in [3.8, 4) is 0 Å². The van der Waals surface area contributed by atoms with Gasteiger partial charge in [0.25, 0.3) is 0 Å². The molecular weight excluding hydrogens is 381 g/mol. The molecule has 7 heteroatoms. The maximum Gasteiger partial charge on any atom is 0.246 e. The van der Waals surface area contributed by atoms with E-state index < -0.39 is 15.8 Å². The highest BCUT2D eigenvalue weighted by molar-refractivity contribution is 9.10. The zero-order chi connectivity index (χ0) is 15.6. The molecule has 3 nitrogen and oxygen atoms in total. The number of rotatable bonds is 5. The number of halogens is 3. The quantitative estimate of drug-likeness (QED) is 0.699. The van der Waals surface area contributed by atoms with Gasteiger partial charge in [0.1, 0.15) is 10.7 Å². The number of hydrogen-bond acceptors (Lipinski definition) is 2. The molecule has 1 aliphatic heterocycles. The van der Waals surface area contributed by atoms with E-state index in [0.717, 1.165) is 19.3 Å². The second-order valence-electron chi connectivity index (χ2n) is 5.32. The first-order chi connectivity index (χ1) is 9.90. The van der Waals surface area contributed by atoms with Crippen molar-refractivity contribution < 1.29 is 12.8 Å². The van der Waals surface area contributed by atoms with Crippen LogP contribution in [-0.2, 0) is 15.9 Å². The molecule has 0 aliphatic carbocycles. The van der Waals surface area contributed by atoms with Crippen LogP contribution >= 0.6 is 27.5 Å². The third-order valence-corrected chi connectivity index (χ3v) is 6.40. The summed E-state index contributed by atoms with van der Waals surface area (Å²) in [7, 11) is -3.81. The van der Waals surface area contributed by atoms with Crippen LogP contribution in [0.1, 0.15) is 31.7 Å². The molecule has 1 aromatic rings. The van der Waals surface area contributed by atoms with Crippen LogP contribution in [0.25, 0.3) is 0 Å². The summed E-state index contributed by atoms with van der Waals surface area (Å²) < 4.78 is 41.5. The van der Waals surface area contributed by atoms with Crippen LogP contribution in [0.15, 0.2) is 21.5 Å². The first kappa shape index (κ1) is 17.2. The SMILES string of the molecule is CCCC1CCN(S(=O)(=O)c2cc(Br)cc(CCl)c2F)C1. The number of benzene rings is 1. The van der Waals surface area contributed by atoms with E-state index in [-0.39, 0.29) is 16.3 Å². The number of sulfonamides is 1. The van der Waals surface area contributed by atoms with Gasteiger partial charge in [0.2, 0.25) is 10.0 Å². The van der Waals surface area contributed by atoms with E-state index in [1.54, 1.807) is 0 Å². The van der Waals surface area contributed by atoms with Gasteiger partial charge in [-0.3, -0.25) is 0 Å². The molecular formula is C14H18BrClFNO2S. The minimum atomic E-state index is -3.81. The molecule has 1 fully saturated rings. The van der Waals surface area contributed by atoms with E-state index in [1.165, 1.54) is 16.4 Å². The maximum atomic E-state index is 14.3. The van der Waals surface area contributed by atoms with Crippen LogP contribution in [0.5, 0.6) is 0 Å². The molecule has 1 heterocycles. The molecule has 0 bridgehead atoms. The summed E-state index contributed by atoms with van der Waals surface area (Å²) in [6.07, 6.45) is 2.87. The summed E-state index contributed by atoms with van der Waals surface area (Å²) in [6.45, 7) is 3.01. The van der Waals surface area contributed by atoms with Crippen LogP contribution < -0.4 is 0 Å². The molecule has 1 aliphatic rings. The van der Waals surface area contributed by atoms with Gasteiger partial charge in [0, 0.05) is 23.1 Å². The van der Waals surface area contributed by atoms with E-state index >= 15 is 0 Å². The van der Waals surface area contributed by atoms with E-state index in [2.05, 4.69) is 22.9 Å². The van der Waals surface area contributed by atoms with Crippen molar-refractivity contribution in [2.75, 3.05) is 13.1 Å². The average Bonchev–Trinajstić information content (AvgIpc) is 2.90. The average molecular weight is 399 g/mol. The zero-order valence-corrected chi connectivity index (χ0v) is 14.9. The van der Waals surface area contributed by atoms with Gasteiger partial charge in [-0.25, -0.2) is 12.8 Å². The molecule has 21 heavy (non-hydrogen) atoms.